The Bertz CT molecular complexity index is 1210. The second kappa shape index (κ2) is 12.7. The van der Waals surface area contributed by atoms with E-state index in [0.717, 1.165) is 51.3 Å². The molecule has 4 rings (SSSR count). The first kappa shape index (κ1) is 30.6. The lowest BCUT2D eigenvalue weighted by Gasteiger charge is -2.36. The molecule has 0 aromatic heterocycles. The smallest absolute Gasteiger partial charge is 0.370 e. The molecule has 2 aliphatic rings. The number of rotatable bonds is 7. The van der Waals surface area contributed by atoms with Gasteiger partial charge in [-0.1, -0.05) is 32.9 Å². The summed E-state index contributed by atoms with van der Waals surface area (Å²) in [6.45, 7) is 13.1. The fraction of sp³-hybridized carbons (Fsp3) is 0.567. The molecule has 0 atom stereocenters. The van der Waals surface area contributed by atoms with Gasteiger partial charge in [-0.2, -0.15) is 13.2 Å². The maximum absolute atomic E-state index is 13.4. The second-order valence-electron chi connectivity index (χ2n) is 11.9. The van der Waals surface area contributed by atoms with E-state index < -0.39 is 22.4 Å². The van der Waals surface area contributed by atoms with Crippen LogP contribution in [-0.4, -0.2) is 79.5 Å². The lowest BCUT2D eigenvalue weighted by molar-refractivity contribution is -0.388. The second-order valence-corrected chi connectivity index (χ2v) is 11.9. The van der Waals surface area contributed by atoms with Crippen molar-refractivity contribution in [1.29, 1.82) is 0 Å². The Morgan fingerprint density at radius 1 is 0.854 bits per heavy atom. The zero-order valence-electron chi connectivity index (χ0n) is 24.1. The van der Waals surface area contributed by atoms with Crippen molar-refractivity contribution in [1.82, 2.24) is 9.80 Å². The predicted octanol–water partition coefficient (Wildman–Crippen LogP) is 5.55. The molecule has 2 aliphatic heterocycles. The van der Waals surface area contributed by atoms with Gasteiger partial charge in [-0.05, 0) is 54.6 Å². The number of nitro benzene ring substituents is 1. The van der Waals surface area contributed by atoms with Crippen LogP contribution in [0.15, 0.2) is 42.5 Å². The zero-order chi connectivity index (χ0) is 29.8. The quantitative estimate of drug-likeness (QED) is 0.318. The highest BCUT2D eigenvalue weighted by molar-refractivity contribution is 5.76. The molecule has 41 heavy (non-hydrogen) atoms. The van der Waals surface area contributed by atoms with Crippen LogP contribution in [0.25, 0.3) is 0 Å². The third-order valence-electron chi connectivity index (χ3n) is 8.03. The number of amides is 1. The van der Waals surface area contributed by atoms with E-state index in [2.05, 4.69) is 54.8 Å². The highest BCUT2D eigenvalue weighted by Crippen LogP contribution is 2.38. The van der Waals surface area contributed by atoms with E-state index in [0.29, 0.717) is 39.0 Å². The maximum atomic E-state index is 13.4. The van der Waals surface area contributed by atoms with Gasteiger partial charge in [-0.3, -0.25) is 19.8 Å². The molecule has 2 aromatic rings. The molecule has 2 fully saturated rings. The molecule has 8 nitrogen and oxygen atoms in total. The van der Waals surface area contributed by atoms with Gasteiger partial charge in [0, 0.05) is 76.2 Å². The van der Waals surface area contributed by atoms with Crippen LogP contribution < -0.4 is 9.80 Å². The summed E-state index contributed by atoms with van der Waals surface area (Å²) in [4.78, 5) is 31.3. The highest BCUT2D eigenvalue weighted by atomic mass is 19.4. The SMILES string of the molecule is CC(C)(C)c1ccc(N2CCN(CCCC(=O)N3CCCN(c4ccc([N+](=O)[O-])c(C(F)(F)F)c4)CC3)CC2)cc1. The van der Waals surface area contributed by atoms with Crippen LogP contribution in [0.2, 0.25) is 0 Å². The largest absolute Gasteiger partial charge is 0.423 e. The molecule has 0 bridgehead atoms. The molecule has 0 saturated carbocycles. The maximum Gasteiger partial charge on any atom is 0.423 e. The number of piperazine rings is 1. The molecule has 1 amide bonds. The average Bonchev–Trinajstić information content (AvgIpc) is 3.19. The van der Waals surface area contributed by atoms with Crippen LogP contribution in [0.5, 0.6) is 0 Å². The molecule has 2 saturated heterocycles. The summed E-state index contributed by atoms with van der Waals surface area (Å²) in [6.07, 6.45) is -3.01. The molecular formula is C30H40F3N5O3. The molecule has 0 unspecified atom stereocenters. The number of carbonyl (C=O) groups is 1. The Labute approximate surface area is 239 Å². The Balaban J connectivity index is 1.22. The van der Waals surface area contributed by atoms with Crippen LogP contribution in [0.4, 0.5) is 30.2 Å². The normalized spacial score (nSPS) is 17.5. The van der Waals surface area contributed by atoms with E-state index in [1.807, 2.05) is 0 Å². The predicted molar refractivity (Wildman–Crippen MR) is 155 cm³/mol. The lowest BCUT2D eigenvalue weighted by Crippen LogP contribution is -2.46. The molecule has 0 radical (unpaired) electrons. The number of nitro groups is 1. The zero-order valence-corrected chi connectivity index (χ0v) is 24.1. The lowest BCUT2D eigenvalue weighted by atomic mass is 9.87. The van der Waals surface area contributed by atoms with Crippen molar-refractivity contribution in [2.45, 2.75) is 51.6 Å². The van der Waals surface area contributed by atoms with E-state index in [1.165, 1.54) is 17.3 Å². The Hall–Kier alpha value is -3.34. The summed E-state index contributed by atoms with van der Waals surface area (Å²) in [5.41, 5.74) is 0.770. The van der Waals surface area contributed by atoms with Crippen LogP contribution in [0, 0.1) is 10.1 Å². The van der Waals surface area contributed by atoms with Crippen molar-refractivity contribution in [2.24, 2.45) is 0 Å². The minimum atomic E-state index is -4.82. The number of anilines is 2. The molecule has 2 aromatic carbocycles. The van der Waals surface area contributed by atoms with Crippen molar-refractivity contribution >= 4 is 23.0 Å². The number of hydrogen-bond donors (Lipinski definition) is 0. The summed E-state index contributed by atoms with van der Waals surface area (Å²) in [5.74, 6) is 0.0594. The van der Waals surface area contributed by atoms with Gasteiger partial charge in [0.15, 0.2) is 0 Å². The summed E-state index contributed by atoms with van der Waals surface area (Å²) < 4.78 is 40.3. The van der Waals surface area contributed by atoms with Gasteiger partial charge in [-0.25, -0.2) is 0 Å². The van der Waals surface area contributed by atoms with Crippen molar-refractivity contribution in [3.63, 3.8) is 0 Å². The Morgan fingerprint density at radius 3 is 2.07 bits per heavy atom. The molecule has 11 heteroatoms. The molecule has 2 heterocycles. The average molecular weight is 576 g/mol. The minimum absolute atomic E-state index is 0.0594. The molecule has 0 aliphatic carbocycles. The number of benzene rings is 2. The van der Waals surface area contributed by atoms with E-state index in [-0.39, 0.29) is 17.0 Å². The van der Waals surface area contributed by atoms with Gasteiger partial charge in [0.2, 0.25) is 5.91 Å². The highest BCUT2D eigenvalue weighted by Gasteiger charge is 2.39. The van der Waals surface area contributed by atoms with Gasteiger partial charge >= 0.3 is 6.18 Å². The first-order valence-electron chi connectivity index (χ1n) is 14.3. The summed E-state index contributed by atoms with van der Waals surface area (Å²) >= 11 is 0. The minimum Gasteiger partial charge on any atom is -0.370 e. The summed E-state index contributed by atoms with van der Waals surface area (Å²) in [7, 11) is 0. The molecule has 0 N–H and O–H groups in total. The van der Waals surface area contributed by atoms with Crippen molar-refractivity contribution < 1.29 is 22.9 Å². The number of hydrogen-bond acceptors (Lipinski definition) is 6. The summed E-state index contributed by atoms with van der Waals surface area (Å²) in [5, 5.41) is 11.1. The van der Waals surface area contributed by atoms with E-state index in [4.69, 9.17) is 0 Å². The monoisotopic (exact) mass is 575 g/mol. The third-order valence-corrected chi connectivity index (χ3v) is 8.03. The number of nitrogens with zero attached hydrogens (tertiary/aromatic N) is 5. The molecular weight excluding hydrogens is 535 g/mol. The van der Waals surface area contributed by atoms with Crippen LogP contribution in [-0.2, 0) is 16.4 Å². The van der Waals surface area contributed by atoms with Crippen LogP contribution in [0.3, 0.4) is 0 Å². The standard InChI is InChI=1S/C30H40F3N5O3/c1-29(2,3)23-7-9-24(10-8-23)36-18-16-34(17-19-36)13-4-6-28(39)37-15-5-14-35(20-21-37)25-11-12-27(38(40)41)26(22-25)30(31,32)33/h7-12,22H,4-6,13-21H2,1-3H3. The number of halogens is 3. The van der Waals surface area contributed by atoms with E-state index in [9.17, 15) is 28.1 Å². The van der Waals surface area contributed by atoms with Crippen molar-refractivity contribution in [3.8, 4) is 0 Å². The van der Waals surface area contributed by atoms with Crippen LogP contribution >= 0.6 is 0 Å². The Kier molecular flexibility index (Phi) is 9.46. The first-order valence-corrected chi connectivity index (χ1v) is 14.3. The topological polar surface area (TPSA) is 73.2 Å². The number of carbonyl (C=O) groups excluding carboxylic acids is 1. The van der Waals surface area contributed by atoms with Gasteiger partial charge in [0.25, 0.3) is 5.69 Å². The Morgan fingerprint density at radius 2 is 1.46 bits per heavy atom. The van der Waals surface area contributed by atoms with E-state index >= 15 is 0 Å². The van der Waals surface area contributed by atoms with Gasteiger partial charge < -0.3 is 14.7 Å². The van der Waals surface area contributed by atoms with Crippen molar-refractivity contribution in [3.05, 3.63) is 63.7 Å². The first-order chi connectivity index (χ1) is 19.3. The van der Waals surface area contributed by atoms with Crippen LogP contribution in [0.1, 0.15) is 51.2 Å². The third kappa shape index (κ3) is 7.90. The fourth-order valence-electron chi connectivity index (χ4n) is 5.55. The molecule has 224 valence electrons. The van der Waals surface area contributed by atoms with Gasteiger partial charge in [0.1, 0.15) is 5.56 Å². The molecule has 0 spiro atoms. The number of alkyl halides is 3. The van der Waals surface area contributed by atoms with Gasteiger partial charge in [0.05, 0.1) is 4.92 Å². The van der Waals surface area contributed by atoms with Crippen molar-refractivity contribution in [2.75, 3.05) is 68.7 Å². The van der Waals surface area contributed by atoms with E-state index in [1.54, 1.807) is 9.80 Å². The summed E-state index contributed by atoms with van der Waals surface area (Å²) in [6, 6.07) is 11.9. The fourth-order valence-corrected chi connectivity index (χ4v) is 5.55. The van der Waals surface area contributed by atoms with Gasteiger partial charge in [-0.15, -0.1) is 0 Å².